The molecule has 6 nitrogen and oxygen atoms in total. The lowest BCUT2D eigenvalue weighted by atomic mass is 10.2. The van der Waals surface area contributed by atoms with Gasteiger partial charge in [0.1, 0.15) is 5.82 Å². The van der Waals surface area contributed by atoms with Gasteiger partial charge < -0.3 is 10.8 Å². The lowest BCUT2D eigenvalue weighted by molar-refractivity contribution is -0.117. The highest BCUT2D eigenvalue weighted by Gasteiger charge is 2.11. The van der Waals surface area contributed by atoms with E-state index in [4.69, 9.17) is 10.8 Å². The molecule has 0 saturated carbocycles. The van der Waals surface area contributed by atoms with Crippen molar-refractivity contribution in [1.29, 1.82) is 0 Å². The maximum Gasteiger partial charge on any atom is 0.354 e. The molecule has 0 radical (unpaired) electrons. The summed E-state index contributed by atoms with van der Waals surface area (Å²) in [5, 5.41) is 8.72. The Morgan fingerprint density at radius 1 is 1.57 bits per heavy atom. The molecular formula is C8H9N3O3. The zero-order valence-electron chi connectivity index (χ0n) is 7.52. The highest BCUT2D eigenvalue weighted by molar-refractivity contribution is 5.87. The fourth-order valence-electron chi connectivity index (χ4n) is 0.936. The van der Waals surface area contributed by atoms with Gasteiger partial charge in [0.05, 0.1) is 6.42 Å². The Bertz CT molecular complexity index is 389. The van der Waals surface area contributed by atoms with Gasteiger partial charge >= 0.3 is 5.97 Å². The SMILES string of the molecule is Cc1cnc(CC(N)=O)nc1C(=O)O. The number of nitrogens with zero attached hydrogens (tertiary/aromatic N) is 2. The minimum absolute atomic E-state index is 0.101. The molecule has 3 N–H and O–H groups in total. The summed E-state index contributed by atoms with van der Waals surface area (Å²) < 4.78 is 0. The van der Waals surface area contributed by atoms with Crippen LogP contribution in [0, 0.1) is 6.92 Å². The van der Waals surface area contributed by atoms with Gasteiger partial charge in [0.2, 0.25) is 5.91 Å². The number of aromatic nitrogens is 2. The predicted molar refractivity (Wildman–Crippen MR) is 46.6 cm³/mol. The second-order valence-electron chi connectivity index (χ2n) is 2.77. The third-order valence-corrected chi connectivity index (χ3v) is 1.56. The van der Waals surface area contributed by atoms with Crippen LogP contribution < -0.4 is 5.73 Å². The topological polar surface area (TPSA) is 106 Å². The molecule has 0 aliphatic rings. The van der Waals surface area contributed by atoms with E-state index in [9.17, 15) is 9.59 Å². The van der Waals surface area contributed by atoms with Crippen molar-refractivity contribution in [1.82, 2.24) is 9.97 Å². The number of aryl methyl sites for hydroxylation is 1. The lowest BCUT2D eigenvalue weighted by Crippen LogP contribution is -2.17. The maximum absolute atomic E-state index is 10.7. The van der Waals surface area contributed by atoms with Crippen LogP contribution in [0.5, 0.6) is 0 Å². The molecule has 1 rings (SSSR count). The first-order valence-corrected chi connectivity index (χ1v) is 3.85. The molecule has 0 aliphatic carbocycles. The highest BCUT2D eigenvalue weighted by atomic mass is 16.4. The van der Waals surface area contributed by atoms with Gasteiger partial charge in [0.25, 0.3) is 0 Å². The van der Waals surface area contributed by atoms with E-state index in [0.29, 0.717) is 5.56 Å². The zero-order chi connectivity index (χ0) is 10.7. The Morgan fingerprint density at radius 3 is 2.71 bits per heavy atom. The monoisotopic (exact) mass is 195 g/mol. The molecule has 1 amide bonds. The zero-order valence-corrected chi connectivity index (χ0v) is 7.52. The van der Waals surface area contributed by atoms with Crippen molar-refractivity contribution >= 4 is 11.9 Å². The van der Waals surface area contributed by atoms with E-state index in [1.165, 1.54) is 6.20 Å². The van der Waals surface area contributed by atoms with Crippen LogP contribution in [0.3, 0.4) is 0 Å². The van der Waals surface area contributed by atoms with Crippen molar-refractivity contribution in [3.8, 4) is 0 Å². The number of hydrogen-bond acceptors (Lipinski definition) is 4. The van der Waals surface area contributed by atoms with Crippen LogP contribution in [0.4, 0.5) is 0 Å². The van der Waals surface area contributed by atoms with Crippen LogP contribution in [-0.4, -0.2) is 27.0 Å². The van der Waals surface area contributed by atoms with Gasteiger partial charge in [-0.25, -0.2) is 14.8 Å². The summed E-state index contributed by atoms with van der Waals surface area (Å²) >= 11 is 0. The summed E-state index contributed by atoms with van der Waals surface area (Å²) in [7, 11) is 0. The van der Waals surface area contributed by atoms with E-state index < -0.39 is 11.9 Å². The van der Waals surface area contributed by atoms with E-state index in [-0.39, 0.29) is 17.9 Å². The van der Waals surface area contributed by atoms with Gasteiger partial charge in [0.15, 0.2) is 5.69 Å². The molecule has 0 aliphatic heterocycles. The number of carboxylic acids is 1. The summed E-state index contributed by atoms with van der Waals surface area (Å²) in [5.74, 6) is -1.61. The van der Waals surface area contributed by atoms with Crippen molar-refractivity contribution in [2.75, 3.05) is 0 Å². The first-order chi connectivity index (χ1) is 6.50. The molecule has 0 atom stereocenters. The summed E-state index contributed by atoms with van der Waals surface area (Å²) in [5.41, 5.74) is 5.27. The van der Waals surface area contributed by atoms with Crippen LogP contribution in [0.2, 0.25) is 0 Å². The summed E-state index contributed by atoms with van der Waals surface area (Å²) in [6, 6.07) is 0. The minimum Gasteiger partial charge on any atom is -0.477 e. The summed E-state index contributed by atoms with van der Waals surface area (Å²) in [6.45, 7) is 1.58. The first kappa shape index (κ1) is 10.1. The quantitative estimate of drug-likeness (QED) is 0.676. The van der Waals surface area contributed by atoms with Crippen molar-refractivity contribution in [3.63, 3.8) is 0 Å². The third kappa shape index (κ3) is 2.25. The van der Waals surface area contributed by atoms with E-state index in [1.54, 1.807) is 6.92 Å². The number of amides is 1. The van der Waals surface area contributed by atoms with Crippen LogP contribution in [0.1, 0.15) is 21.9 Å². The predicted octanol–water partition coefficient (Wildman–Crippen LogP) is -0.489. The smallest absolute Gasteiger partial charge is 0.354 e. The molecule has 0 saturated heterocycles. The third-order valence-electron chi connectivity index (χ3n) is 1.56. The number of nitrogens with two attached hydrogens (primary N) is 1. The van der Waals surface area contributed by atoms with Crippen molar-refractivity contribution < 1.29 is 14.7 Å². The summed E-state index contributed by atoms with van der Waals surface area (Å²) in [6.07, 6.45) is 1.20. The van der Waals surface area contributed by atoms with Gasteiger partial charge in [-0.3, -0.25) is 4.79 Å². The number of aromatic carboxylic acids is 1. The Balaban J connectivity index is 3.06. The standard InChI is InChI=1S/C8H9N3O3/c1-4-3-10-6(2-5(9)12)11-7(4)8(13)14/h3H,2H2,1H3,(H2,9,12)(H,13,14). The molecule has 0 fully saturated rings. The highest BCUT2D eigenvalue weighted by Crippen LogP contribution is 2.03. The first-order valence-electron chi connectivity index (χ1n) is 3.85. The lowest BCUT2D eigenvalue weighted by Gasteiger charge is -2.01. The van der Waals surface area contributed by atoms with Crippen molar-refractivity contribution in [3.05, 3.63) is 23.3 Å². The Hall–Kier alpha value is -1.98. The van der Waals surface area contributed by atoms with E-state index >= 15 is 0 Å². The molecule has 6 heteroatoms. The molecule has 0 unspecified atom stereocenters. The molecule has 0 spiro atoms. The number of primary amides is 1. The van der Waals surface area contributed by atoms with Gasteiger partial charge in [-0.1, -0.05) is 0 Å². The second-order valence-corrected chi connectivity index (χ2v) is 2.77. The molecular weight excluding hydrogens is 186 g/mol. The van der Waals surface area contributed by atoms with E-state index in [2.05, 4.69) is 9.97 Å². The molecule has 1 aromatic heterocycles. The fraction of sp³-hybridized carbons (Fsp3) is 0.250. The van der Waals surface area contributed by atoms with Gasteiger partial charge in [0, 0.05) is 11.8 Å². The average Bonchev–Trinajstić information content (AvgIpc) is 2.07. The van der Waals surface area contributed by atoms with E-state index in [0.717, 1.165) is 0 Å². The molecule has 0 bridgehead atoms. The van der Waals surface area contributed by atoms with Crippen molar-refractivity contribution in [2.24, 2.45) is 5.73 Å². The molecule has 74 valence electrons. The normalized spacial score (nSPS) is 9.79. The summed E-state index contributed by atoms with van der Waals surface area (Å²) in [4.78, 5) is 28.7. The molecule has 14 heavy (non-hydrogen) atoms. The largest absolute Gasteiger partial charge is 0.477 e. The second kappa shape index (κ2) is 3.82. The van der Waals surface area contributed by atoms with Crippen LogP contribution in [-0.2, 0) is 11.2 Å². The van der Waals surface area contributed by atoms with Gasteiger partial charge in [-0.2, -0.15) is 0 Å². The number of carbonyl (C=O) groups excluding carboxylic acids is 1. The van der Waals surface area contributed by atoms with Crippen LogP contribution in [0.25, 0.3) is 0 Å². The van der Waals surface area contributed by atoms with Crippen molar-refractivity contribution in [2.45, 2.75) is 13.3 Å². The number of rotatable bonds is 3. The number of carboxylic acid groups (broad SMARTS) is 1. The van der Waals surface area contributed by atoms with Gasteiger partial charge in [-0.15, -0.1) is 0 Å². The number of hydrogen-bond donors (Lipinski definition) is 2. The molecule has 1 heterocycles. The Labute approximate surface area is 79.8 Å². The number of carbonyl (C=O) groups is 2. The molecule has 1 aromatic rings. The van der Waals surface area contributed by atoms with E-state index in [1.807, 2.05) is 0 Å². The Morgan fingerprint density at radius 2 is 2.21 bits per heavy atom. The maximum atomic E-state index is 10.7. The van der Waals surface area contributed by atoms with Crippen LogP contribution in [0.15, 0.2) is 6.20 Å². The fourth-order valence-corrected chi connectivity index (χ4v) is 0.936. The minimum atomic E-state index is -1.14. The Kier molecular flexibility index (Phi) is 2.76. The molecule has 0 aromatic carbocycles. The van der Waals surface area contributed by atoms with Gasteiger partial charge in [-0.05, 0) is 6.92 Å². The average molecular weight is 195 g/mol. The van der Waals surface area contributed by atoms with Crippen LogP contribution >= 0.6 is 0 Å².